The molecule has 0 radical (unpaired) electrons. The van der Waals surface area contributed by atoms with Crippen LogP contribution in [0.15, 0.2) is 35.6 Å². The standard InChI is InChI=1S/C22H22BrCl2N3O2/c1-13(10-23)22-16-9-15(30-14(2)21-17(24)11-26-12-18(21)25)6-7-19(16)28(27-22)20-5-3-4-8-29-20/h6-7,9-12,14,20H,3-5,8H2,1-2H3. The molecular weight excluding hydrogens is 489 g/mol. The average molecular weight is 511 g/mol. The fourth-order valence-corrected chi connectivity index (χ4v) is 4.63. The molecular formula is C22H22BrCl2N3O2. The molecule has 0 bridgehead atoms. The summed E-state index contributed by atoms with van der Waals surface area (Å²) >= 11 is 16.0. The quantitative estimate of drug-likeness (QED) is 0.360. The lowest BCUT2D eigenvalue weighted by molar-refractivity contribution is -0.0367. The van der Waals surface area contributed by atoms with Gasteiger partial charge in [0.2, 0.25) is 0 Å². The Bertz CT molecular complexity index is 1070. The summed E-state index contributed by atoms with van der Waals surface area (Å²) in [6.45, 7) is 4.71. The van der Waals surface area contributed by atoms with Crippen molar-refractivity contribution in [1.29, 1.82) is 0 Å². The molecule has 0 aliphatic carbocycles. The van der Waals surface area contributed by atoms with Crippen LogP contribution in [-0.4, -0.2) is 21.4 Å². The average Bonchev–Trinajstić information content (AvgIpc) is 3.12. The van der Waals surface area contributed by atoms with Gasteiger partial charge in [-0.2, -0.15) is 5.10 Å². The van der Waals surface area contributed by atoms with Crippen molar-refractivity contribution in [2.24, 2.45) is 0 Å². The Labute approximate surface area is 194 Å². The minimum absolute atomic E-state index is 0.0433. The van der Waals surface area contributed by atoms with Crippen LogP contribution in [-0.2, 0) is 4.74 Å². The van der Waals surface area contributed by atoms with E-state index in [4.69, 9.17) is 37.8 Å². The van der Waals surface area contributed by atoms with Crippen LogP contribution in [0.3, 0.4) is 0 Å². The normalized spacial score (nSPS) is 18.6. The maximum Gasteiger partial charge on any atom is 0.150 e. The van der Waals surface area contributed by atoms with E-state index in [-0.39, 0.29) is 12.3 Å². The van der Waals surface area contributed by atoms with E-state index in [2.05, 4.69) is 20.9 Å². The van der Waals surface area contributed by atoms with Crippen molar-refractivity contribution in [1.82, 2.24) is 14.8 Å². The topological polar surface area (TPSA) is 49.2 Å². The summed E-state index contributed by atoms with van der Waals surface area (Å²) in [4.78, 5) is 5.89. The molecule has 2 aromatic heterocycles. The Morgan fingerprint density at radius 3 is 2.73 bits per heavy atom. The van der Waals surface area contributed by atoms with Crippen LogP contribution in [0, 0.1) is 0 Å². The van der Waals surface area contributed by atoms with Gasteiger partial charge in [-0.1, -0.05) is 39.1 Å². The summed E-state index contributed by atoms with van der Waals surface area (Å²) in [5.74, 6) is 0.715. The monoisotopic (exact) mass is 509 g/mol. The highest BCUT2D eigenvalue weighted by atomic mass is 79.9. The number of hydrogen-bond acceptors (Lipinski definition) is 4. The Morgan fingerprint density at radius 1 is 1.30 bits per heavy atom. The van der Waals surface area contributed by atoms with Crippen LogP contribution < -0.4 is 4.74 Å². The third-order valence-electron chi connectivity index (χ3n) is 5.25. The maximum absolute atomic E-state index is 6.29. The van der Waals surface area contributed by atoms with Gasteiger partial charge in [-0.3, -0.25) is 4.98 Å². The second kappa shape index (κ2) is 9.27. The minimum Gasteiger partial charge on any atom is -0.486 e. The van der Waals surface area contributed by atoms with Gasteiger partial charge in [0.1, 0.15) is 11.9 Å². The first-order valence-corrected chi connectivity index (χ1v) is 11.5. The van der Waals surface area contributed by atoms with Crippen LogP contribution in [0.5, 0.6) is 5.75 Å². The fraction of sp³-hybridized carbons (Fsp3) is 0.364. The number of nitrogens with zero attached hydrogens (tertiary/aromatic N) is 3. The predicted octanol–water partition coefficient (Wildman–Crippen LogP) is 7.33. The number of hydrogen-bond donors (Lipinski definition) is 0. The summed E-state index contributed by atoms with van der Waals surface area (Å²) in [5, 5.41) is 6.85. The van der Waals surface area contributed by atoms with Gasteiger partial charge >= 0.3 is 0 Å². The third-order valence-corrected chi connectivity index (χ3v) is 6.54. The third kappa shape index (κ3) is 4.24. The Kier molecular flexibility index (Phi) is 6.68. The smallest absolute Gasteiger partial charge is 0.150 e. The van der Waals surface area contributed by atoms with Crippen LogP contribution in [0.1, 0.15) is 56.7 Å². The van der Waals surface area contributed by atoms with Crippen LogP contribution >= 0.6 is 39.1 Å². The zero-order valence-corrected chi connectivity index (χ0v) is 19.8. The first kappa shape index (κ1) is 21.6. The summed E-state index contributed by atoms with van der Waals surface area (Å²) in [7, 11) is 0. The van der Waals surface area contributed by atoms with Crippen LogP contribution in [0.4, 0.5) is 0 Å². The van der Waals surface area contributed by atoms with E-state index >= 15 is 0 Å². The van der Waals surface area contributed by atoms with Crippen molar-refractivity contribution in [2.45, 2.75) is 45.4 Å². The molecule has 3 aromatic rings. The van der Waals surface area contributed by atoms with Gasteiger partial charge in [0, 0.05) is 30.0 Å². The second-order valence-electron chi connectivity index (χ2n) is 7.36. The number of ether oxygens (including phenoxy) is 2. The lowest BCUT2D eigenvalue weighted by atomic mass is 10.1. The van der Waals surface area contributed by atoms with E-state index in [0.29, 0.717) is 15.8 Å². The van der Waals surface area contributed by atoms with E-state index in [1.807, 2.05) is 41.7 Å². The number of aromatic nitrogens is 3. The number of fused-ring (bicyclic) bond motifs is 1. The lowest BCUT2D eigenvalue weighted by Gasteiger charge is -2.23. The first-order valence-electron chi connectivity index (χ1n) is 9.86. The van der Waals surface area contributed by atoms with E-state index in [1.165, 1.54) is 0 Å². The number of pyridine rings is 1. The molecule has 1 saturated heterocycles. The van der Waals surface area contributed by atoms with Gasteiger partial charge in [0.25, 0.3) is 0 Å². The van der Waals surface area contributed by atoms with Gasteiger partial charge in [-0.15, -0.1) is 0 Å². The molecule has 5 nitrogen and oxygen atoms in total. The van der Waals surface area contributed by atoms with Crippen molar-refractivity contribution in [3.63, 3.8) is 0 Å². The Balaban J connectivity index is 1.72. The predicted molar refractivity (Wildman–Crippen MR) is 124 cm³/mol. The maximum atomic E-state index is 6.29. The molecule has 0 amide bonds. The largest absolute Gasteiger partial charge is 0.486 e. The van der Waals surface area contributed by atoms with Crippen LogP contribution in [0.25, 0.3) is 16.5 Å². The van der Waals surface area contributed by atoms with E-state index < -0.39 is 0 Å². The van der Waals surface area contributed by atoms with Gasteiger partial charge in [0.05, 0.1) is 21.3 Å². The van der Waals surface area contributed by atoms with Gasteiger partial charge in [-0.05, 0) is 61.9 Å². The van der Waals surface area contributed by atoms with Crippen molar-refractivity contribution < 1.29 is 9.47 Å². The molecule has 1 aliphatic rings. The molecule has 1 aliphatic heterocycles. The molecule has 2 unspecified atom stereocenters. The highest BCUT2D eigenvalue weighted by molar-refractivity contribution is 9.11. The molecule has 1 aromatic carbocycles. The molecule has 4 rings (SSSR count). The van der Waals surface area contributed by atoms with E-state index in [0.717, 1.165) is 53.6 Å². The summed E-state index contributed by atoms with van der Waals surface area (Å²) in [6, 6.07) is 5.99. The highest BCUT2D eigenvalue weighted by Crippen LogP contribution is 2.36. The number of halogens is 3. The van der Waals surface area contributed by atoms with E-state index in [9.17, 15) is 0 Å². The number of benzene rings is 1. The Hall–Kier alpha value is -1.60. The number of rotatable bonds is 5. The second-order valence-corrected chi connectivity index (χ2v) is 8.63. The molecule has 1 fully saturated rings. The van der Waals surface area contributed by atoms with Crippen molar-refractivity contribution in [3.8, 4) is 5.75 Å². The summed E-state index contributed by atoms with van der Waals surface area (Å²) in [6.07, 6.45) is 5.96. The van der Waals surface area contributed by atoms with E-state index in [1.54, 1.807) is 12.4 Å². The zero-order valence-electron chi connectivity index (χ0n) is 16.7. The van der Waals surface area contributed by atoms with Crippen molar-refractivity contribution in [2.75, 3.05) is 6.61 Å². The van der Waals surface area contributed by atoms with Gasteiger partial charge in [-0.25, -0.2) is 4.68 Å². The SMILES string of the molecule is CC(=CBr)c1nn(C2CCCCO2)c2ccc(OC(C)c3c(Cl)cncc3Cl)cc12. The van der Waals surface area contributed by atoms with Crippen molar-refractivity contribution in [3.05, 3.63) is 56.9 Å². The molecule has 30 heavy (non-hydrogen) atoms. The molecule has 3 heterocycles. The molecule has 2 atom stereocenters. The Morgan fingerprint density at radius 2 is 2.07 bits per heavy atom. The summed E-state index contributed by atoms with van der Waals surface area (Å²) in [5.41, 5.74) is 3.66. The summed E-state index contributed by atoms with van der Waals surface area (Å²) < 4.78 is 14.2. The zero-order chi connectivity index (χ0) is 21.3. The van der Waals surface area contributed by atoms with Gasteiger partial charge < -0.3 is 9.47 Å². The minimum atomic E-state index is -0.335. The molecule has 158 valence electrons. The first-order chi connectivity index (χ1) is 14.5. The molecule has 8 heteroatoms. The number of allylic oxidation sites excluding steroid dienone is 1. The van der Waals surface area contributed by atoms with Crippen LogP contribution in [0.2, 0.25) is 10.0 Å². The molecule has 0 spiro atoms. The lowest BCUT2D eigenvalue weighted by Crippen LogP contribution is -2.19. The van der Waals surface area contributed by atoms with Gasteiger partial charge in [0.15, 0.2) is 6.23 Å². The van der Waals surface area contributed by atoms with Crippen molar-refractivity contribution >= 4 is 55.6 Å². The highest BCUT2D eigenvalue weighted by Gasteiger charge is 2.22. The fourth-order valence-electron chi connectivity index (χ4n) is 3.75. The molecule has 0 saturated carbocycles. The molecule has 0 N–H and O–H groups in total.